The first kappa shape index (κ1) is 10.5. The van der Waals surface area contributed by atoms with E-state index in [1.54, 1.807) is 0 Å². The van der Waals surface area contributed by atoms with Crippen molar-refractivity contribution < 1.29 is 17.8 Å². The molecular weight excluding hydrogens is 223 g/mol. The zero-order valence-corrected chi connectivity index (χ0v) is 7.82. The van der Waals surface area contributed by atoms with Gasteiger partial charge in [-0.3, -0.25) is 0 Å². The first-order valence-corrected chi connectivity index (χ1v) is 4.24. The predicted molar refractivity (Wildman–Crippen MR) is 49.1 cm³/mol. The number of anilines is 1. The Bertz CT molecular complexity index is 489. The minimum Gasteiger partial charge on any atom is -0.379 e. The van der Waals surface area contributed by atoms with Crippen molar-refractivity contribution in [2.45, 2.75) is 6.18 Å². The van der Waals surface area contributed by atoms with Gasteiger partial charge in [-0.2, -0.15) is 13.2 Å². The summed E-state index contributed by atoms with van der Waals surface area (Å²) in [6.45, 7) is 0. The summed E-state index contributed by atoms with van der Waals surface area (Å²) in [6, 6.07) is 4.42. The molecule has 0 saturated carbocycles. The maximum absolute atomic E-state index is 12.3. The molecule has 0 aliphatic rings. The number of hydrogen-bond donors (Lipinski definition) is 1. The van der Waals surface area contributed by atoms with E-state index in [9.17, 15) is 13.2 Å². The Kier molecular flexibility index (Phi) is 2.30. The highest BCUT2D eigenvalue weighted by Crippen LogP contribution is 2.31. The lowest BCUT2D eigenvalue weighted by atomic mass is 10.1. The van der Waals surface area contributed by atoms with Crippen molar-refractivity contribution in [2.24, 2.45) is 0 Å². The minimum absolute atomic E-state index is 0.0414. The van der Waals surface area contributed by atoms with Crippen LogP contribution in [0.5, 0.6) is 0 Å². The zero-order valence-electron chi connectivity index (χ0n) is 7.82. The fraction of sp³-hybridized carbons (Fsp3) is 0.111. The van der Waals surface area contributed by atoms with Crippen molar-refractivity contribution in [3.8, 4) is 11.3 Å². The van der Waals surface area contributed by atoms with E-state index in [1.807, 2.05) is 0 Å². The molecule has 0 unspecified atom stereocenters. The lowest BCUT2D eigenvalue weighted by molar-refractivity contribution is -0.137. The van der Waals surface area contributed by atoms with Gasteiger partial charge in [0.05, 0.1) is 5.56 Å². The van der Waals surface area contributed by atoms with Gasteiger partial charge in [-0.05, 0) is 22.4 Å². The van der Waals surface area contributed by atoms with Gasteiger partial charge in [0.15, 0.2) is 11.5 Å². The van der Waals surface area contributed by atoms with E-state index < -0.39 is 11.7 Å². The van der Waals surface area contributed by atoms with Gasteiger partial charge < -0.3 is 5.73 Å². The first-order valence-electron chi connectivity index (χ1n) is 4.24. The highest BCUT2D eigenvalue weighted by atomic mass is 19.4. The molecule has 4 nitrogen and oxygen atoms in total. The largest absolute Gasteiger partial charge is 0.416 e. The molecule has 0 aliphatic carbocycles. The molecule has 0 fully saturated rings. The average Bonchev–Trinajstić information content (AvgIpc) is 2.63. The molecular formula is C9H6F3N3O. The van der Waals surface area contributed by atoms with Crippen molar-refractivity contribution in [1.82, 2.24) is 10.3 Å². The molecule has 1 aromatic heterocycles. The van der Waals surface area contributed by atoms with Crippen molar-refractivity contribution in [2.75, 3.05) is 5.73 Å². The topological polar surface area (TPSA) is 64.9 Å². The lowest BCUT2D eigenvalue weighted by Crippen LogP contribution is -2.04. The number of nitrogens with zero attached hydrogens (tertiary/aromatic N) is 2. The van der Waals surface area contributed by atoms with Crippen LogP contribution in [-0.4, -0.2) is 10.3 Å². The van der Waals surface area contributed by atoms with Crippen LogP contribution in [0.3, 0.4) is 0 Å². The van der Waals surface area contributed by atoms with Crippen LogP contribution in [0.4, 0.5) is 19.0 Å². The summed E-state index contributed by atoms with van der Waals surface area (Å²) in [5.41, 5.74) is 5.33. The lowest BCUT2D eigenvalue weighted by Gasteiger charge is -2.06. The summed E-state index contributed by atoms with van der Waals surface area (Å²) in [4.78, 5) is 0. The predicted octanol–water partition coefficient (Wildman–Crippen LogP) is 2.34. The number of benzene rings is 1. The fourth-order valence-electron chi connectivity index (χ4n) is 1.21. The van der Waals surface area contributed by atoms with Gasteiger partial charge in [0, 0.05) is 5.56 Å². The van der Waals surface area contributed by atoms with Crippen LogP contribution in [-0.2, 0) is 6.18 Å². The molecule has 0 saturated heterocycles. The maximum Gasteiger partial charge on any atom is 0.416 e. The molecule has 84 valence electrons. The Morgan fingerprint density at radius 3 is 2.12 bits per heavy atom. The van der Waals surface area contributed by atoms with Crippen molar-refractivity contribution in [3.05, 3.63) is 29.8 Å². The average molecular weight is 229 g/mol. The molecule has 0 aliphatic heterocycles. The second-order valence-electron chi connectivity index (χ2n) is 3.07. The minimum atomic E-state index is -4.36. The highest BCUT2D eigenvalue weighted by molar-refractivity contribution is 5.68. The van der Waals surface area contributed by atoms with Crippen LogP contribution in [0.15, 0.2) is 28.9 Å². The fourth-order valence-corrected chi connectivity index (χ4v) is 1.21. The van der Waals surface area contributed by atoms with Gasteiger partial charge in [0.2, 0.25) is 0 Å². The van der Waals surface area contributed by atoms with E-state index in [4.69, 9.17) is 5.73 Å². The quantitative estimate of drug-likeness (QED) is 0.815. The summed E-state index contributed by atoms with van der Waals surface area (Å²) >= 11 is 0. The van der Waals surface area contributed by atoms with Gasteiger partial charge in [0.1, 0.15) is 0 Å². The number of nitrogens with two attached hydrogens (primary N) is 1. The van der Waals surface area contributed by atoms with Crippen LogP contribution in [0, 0.1) is 0 Å². The Labute approximate surface area is 87.8 Å². The molecule has 1 heterocycles. The number of aromatic nitrogens is 2. The van der Waals surface area contributed by atoms with E-state index in [1.165, 1.54) is 12.1 Å². The van der Waals surface area contributed by atoms with Crippen molar-refractivity contribution in [1.29, 1.82) is 0 Å². The Morgan fingerprint density at radius 2 is 1.69 bits per heavy atom. The van der Waals surface area contributed by atoms with Crippen molar-refractivity contribution in [3.63, 3.8) is 0 Å². The standard InChI is InChI=1S/C9H6F3N3O/c10-9(11,12)6-3-1-5(2-4-6)7-8(13)15-16-14-7/h1-4H,(H2,13,15). The second kappa shape index (κ2) is 3.51. The van der Waals surface area contributed by atoms with Crippen LogP contribution in [0.25, 0.3) is 11.3 Å². The zero-order chi connectivity index (χ0) is 11.8. The van der Waals surface area contributed by atoms with Gasteiger partial charge in [0.25, 0.3) is 0 Å². The molecule has 2 aromatic rings. The highest BCUT2D eigenvalue weighted by Gasteiger charge is 2.30. The summed E-state index contributed by atoms with van der Waals surface area (Å²) < 4.78 is 41.2. The molecule has 0 amide bonds. The van der Waals surface area contributed by atoms with Crippen LogP contribution >= 0.6 is 0 Å². The Balaban J connectivity index is 2.37. The maximum atomic E-state index is 12.3. The summed E-state index contributed by atoms with van der Waals surface area (Å²) in [7, 11) is 0. The number of nitrogen functional groups attached to an aromatic ring is 1. The summed E-state index contributed by atoms with van der Waals surface area (Å²) in [5, 5.41) is 6.82. The molecule has 0 radical (unpaired) electrons. The van der Waals surface area contributed by atoms with E-state index in [0.29, 0.717) is 5.56 Å². The summed E-state index contributed by atoms with van der Waals surface area (Å²) in [6.07, 6.45) is -4.36. The van der Waals surface area contributed by atoms with E-state index in [0.717, 1.165) is 12.1 Å². The molecule has 0 bridgehead atoms. The van der Waals surface area contributed by atoms with Crippen LogP contribution in [0.2, 0.25) is 0 Å². The van der Waals surface area contributed by atoms with Crippen LogP contribution in [0.1, 0.15) is 5.56 Å². The summed E-state index contributed by atoms with van der Waals surface area (Å²) in [5.74, 6) is 0.0414. The Morgan fingerprint density at radius 1 is 1.06 bits per heavy atom. The van der Waals surface area contributed by atoms with E-state index in [-0.39, 0.29) is 11.5 Å². The second-order valence-corrected chi connectivity index (χ2v) is 3.07. The monoisotopic (exact) mass is 229 g/mol. The number of rotatable bonds is 1. The molecule has 7 heteroatoms. The third-order valence-corrected chi connectivity index (χ3v) is 2.00. The number of alkyl halides is 3. The Hall–Kier alpha value is -2.05. The molecule has 1 aromatic carbocycles. The molecule has 0 spiro atoms. The first-order chi connectivity index (χ1) is 7.48. The SMILES string of the molecule is Nc1nonc1-c1ccc(C(F)(F)F)cc1. The molecule has 2 N–H and O–H groups in total. The van der Waals surface area contributed by atoms with Gasteiger partial charge in [-0.25, -0.2) is 4.63 Å². The normalized spacial score (nSPS) is 11.7. The van der Waals surface area contributed by atoms with Crippen molar-refractivity contribution >= 4 is 5.82 Å². The van der Waals surface area contributed by atoms with E-state index in [2.05, 4.69) is 14.9 Å². The van der Waals surface area contributed by atoms with E-state index >= 15 is 0 Å². The van der Waals surface area contributed by atoms with Gasteiger partial charge >= 0.3 is 6.18 Å². The number of halogens is 3. The smallest absolute Gasteiger partial charge is 0.379 e. The van der Waals surface area contributed by atoms with Gasteiger partial charge in [-0.1, -0.05) is 12.1 Å². The third-order valence-electron chi connectivity index (χ3n) is 2.00. The van der Waals surface area contributed by atoms with Crippen LogP contribution < -0.4 is 5.73 Å². The molecule has 2 rings (SSSR count). The molecule has 16 heavy (non-hydrogen) atoms. The third kappa shape index (κ3) is 1.83. The number of hydrogen-bond acceptors (Lipinski definition) is 4. The van der Waals surface area contributed by atoms with Gasteiger partial charge in [-0.15, -0.1) is 0 Å². The molecule has 0 atom stereocenters.